The first-order chi connectivity index (χ1) is 4.62. The Balaban J connectivity index is 2.21. The first-order valence-corrected chi connectivity index (χ1v) is 3.81. The minimum atomic E-state index is -0.107. The van der Waals surface area contributed by atoms with Crippen molar-refractivity contribution in [1.82, 2.24) is 0 Å². The molecule has 0 aromatic rings. The number of rotatable bonds is 0. The molecule has 3 heteroatoms. The lowest BCUT2D eigenvalue weighted by Gasteiger charge is -2.26. The zero-order chi connectivity index (χ0) is 7.35. The monoisotopic (exact) mass is 142 g/mol. The Morgan fingerprint density at radius 2 is 2.20 bits per heavy atom. The molecule has 0 aromatic heterocycles. The average Bonchev–Trinajstić information content (AvgIpc) is 2.20. The summed E-state index contributed by atoms with van der Waals surface area (Å²) in [5.74, 6) is 0. The second kappa shape index (κ2) is 1.72. The largest absolute Gasteiger partial charge is 0.369 e. The van der Waals surface area contributed by atoms with Crippen molar-refractivity contribution >= 4 is 0 Å². The van der Waals surface area contributed by atoms with Gasteiger partial charge in [-0.3, -0.25) is 0 Å². The van der Waals surface area contributed by atoms with Gasteiger partial charge in [0.05, 0.1) is 11.7 Å². The van der Waals surface area contributed by atoms with Crippen LogP contribution in [0, 0.1) is 0 Å². The summed E-state index contributed by atoms with van der Waals surface area (Å²) in [5.41, 5.74) is 11.5. The third kappa shape index (κ3) is 0.654. The third-order valence-corrected chi connectivity index (χ3v) is 2.81. The summed E-state index contributed by atoms with van der Waals surface area (Å²) in [6, 6.07) is 0.432. The molecule has 0 saturated carbocycles. The van der Waals surface area contributed by atoms with Gasteiger partial charge in [0, 0.05) is 12.1 Å². The predicted molar refractivity (Wildman–Crippen MR) is 38.5 cm³/mol. The molecule has 4 unspecified atom stereocenters. The van der Waals surface area contributed by atoms with Crippen molar-refractivity contribution in [3.63, 3.8) is 0 Å². The Hall–Kier alpha value is -0.120. The lowest BCUT2D eigenvalue weighted by molar-refractivity contribution is 0.0206. The van der Waals surface area contributed by atoms with Gasteiger partial charge in [0.1, 0.15) is 0 Å². The maximum absolute atomic E-state index is 5.84. The van der Waals surface area contributed by atoms with Crippen LogP contribution in [0.4, 0.5) is 0 Å². The van der Waals surface area contributed by atoms with Gasteiger partial charge in [0.15, 0.2) is 0 Å². The van der Waals surface area contributed by atoms with Crippen LogP contribution in [-0.4, -0.2) is 23.8 Å². The van der Waals surface area contributed by atoms with Crippen molar-refractivity contribution in [2.24, 2.45) is 11.5 Å². The highest BCUT2D eigenvalue weighted by Gasteiger charge is 2.52. The van der Waals surface area contributed by atoms with Gasteiger partial charge in [-0.05, 0) is 19.8 Å². The minimum absolute atomic E-state index is 0.107. The molecule has 4 N–H and O–H groups in total. The zero-order valence-corrected chi connectivity index (χ0v) is 6.21. The number of hydrogen-bond donors (Lipinski definition) is 2. The topological polar surface area (TPSA) is 61.3 Å². The summed E-state index contributed by atoms with van der Waals surface area (Å²) in [6.45, 7) is 2.06. The van der Waals surface area contributed by atoms with E-state index >= 15 is 0 Å². The molecule has 0 radical (unpaired) electrons. The fraction of sp³-hybridized carbons (Fsp3) is 1.00. The number of hydrogen-bond acceptors (Lipinski definition) is 3. The fourth-order valence-electron chi connectivity index (χ4n) is 2.04. The molecule has 4 atom stereocenters. The van der Waals surface area contributed by atoms with Gasteiger partial charge in [0.2, 0.25) is 0 Å². The molecule has 2 aliphatic rings. The van der Waals surface area contributed by atoms with E-state index in [1.165, 1.54) is 0 Å². The molecule has 0 amide bonds. The molecule has 0 spiro atoms. The molecule has 2 aliphatic heterocycles. The summed E-state index contributed by atoms with van der Waals surface area (Å²) in [4.78, 5) is 0. The molecule has 0 aliphatic carbocycles. The molecule has 10 heavy (non-hydrogen) atoms. The van der Waals surface area contributed by atoms with Crippen molar-refractivity contribution in [3.05, 3.63) is 0 Å². The van der Waals surface area contributed by atoms with Crippen molar-refractivity contribution in [2.45, 2.75) is 43.6 Å². The lowest BCUT2D eigenvalue weighted by atomic mass is 9.83. The van der Waals surface area contributed by atoms with Gasteiger partial charge >= 0.3 is 0 Å². The van der Waals surface area contributed by atoms with Crippen LogP contribution in [0.5, 0.6) is 0 Å². The Morgan fingerprint density at radius 1 is 1.50 bits per heavy atom. The average molecular weight is 142 g/mol. The highest BCUT2D eigenvalue weighted by Crippen LogP contribution is 2.41. The maximum Gasteiger partial charge on any atom is 0.0825 e. The Kier molecular flexibility index (Phi) is 1.14. The van der Waals surface area contributed by atoms with Crippen LogP contribution >= 0.6 is 0 Å². The molecule has 2 fully saturated rings. The van der Waals surface area contributed by atoms with Crippen molar-refractivity contribution in [1.29, 1.82) is 0 Å². The van der Waals surface area contributed by atoms with E-state index in [4.69, 9.17) is 16.2 Å². The van der Waals surface area contributed by atoms with Gasteiger partial charge in [-0.15, -0.1) is 0 Å². The Bertz CT molecular complexity index is 158. The molecular weight excluding hydrogens is 128 g/mol. The maximum atomic E-state index is 5.84. The van der Waals surface area contributed by atoms with E-state index in [0.717, 1.165) is 12.8 Å². The first-order valence-electron chi connectivity index (χ1n) is 3.81. The highest BCUT2D eigenvalue weighted by molar-refractivity contribution is 5.07. The van der Waals surface area contributed by atoms with Gasteiger partial charge < -0.3 is 16.2 Å². The Labute approximate surface area is 60.7 Å². The summed E-state index contributed by atoms with van der Waals surface area (Å²) in [6.07, 6.45) is 2.11. The van der Waals surface area contributed by atoms with Crippen LogP contribution in [0.25, 0.3) is 0 Å². The van der Waals surface area contributed by atoms with E-state index < -0.39 is 0 Å². The van der Waals surface area contributed by atoms with E-state index in [0.29, 0.717) is 0 Å². The molecular formula is C7H14N2O. The highest BCUT2D eigenvalue weighted by atomic mass is 16.5. The normalized spacial score (nSPS) is 59.7. The minimum Gasteiger partial charge on any atom is -0.369 e. The standard InChI is InChI=1S/C7H14N2O/c1-7-3-4(8)5(10-7)2-6(7)9/h4-6H,2-3,8-9H2,1H3. The van der Waals surface area contributed by atoms with E-state index in [1.807, 2.05) is 0 Å². The molecule has 2 rings (SSSR count). The second-order valence-corrected chi connectivity index (χ2v) is 3.68. The van der Waals surface area contributed by atoms with Gasteiger partial charge in [-0.2, -0.15) is 0 Å². The van der Waals surface area contributed by atoms with Crippen LogP contribution in [0.1, 0.15) is 19.8 Å². The zero-order valence-electron chi connectivity index (χ0n) is 6.21. The molecule has 2 heterocycles. The van der Waals surface area contributed by atoms with E-state index in [2.05, 4.69) is 6.92 Å². The predicted octanol–water partition coefficient (Wildman–Crippen LogP) is -0.408. The molecule has 2 saturated heterocycles. The fourth-order valence-corrected chi connectivity index (χ4v) is 2.04. The van der Waals surface area contributed by atoms with E-state index in [9.17, 15) is 0 Å². The van der Waals surface area contributed by atoms with Crippen LogP contribution in [0.2, 0.25) is 0 Å². The number of ether oxygens (including phenoxy) is 1. The van der Waals surface area contributed by atoms with E-state index in [1.54, 1.807) is 0 Å². The van der Waals surface area contributed by atoms with Gasteiger partial charge in [-0.1, -0.05) is 0 Å². The first kappa shape index (κ1) is 6.58. The quantitative estimate of drug-likeness (QED) is 0.483. The van der Waals surface area contributed by atoms with Gasteiger partial charge in [0.25, 0.3) is 0 Å². The van der Waals surface area contributed by atoms with Gasteiger partial charge in [-0.25, -0.2) is 0 Å². The summed E-state index contributed by atoms with van der Waals surface area (Å²) in [7, 11) is 0. The molecule has 58 valence electrons. The summed E-state index contributed by atoms with van der Waals surface area (Å²) in [5, 5.41) is 0. The van der Waals surface area contributed by atoms with Crippen molar-refractivity contribution < 1.29 is 4.74 Å². The van der Waals surface area contributed by atoms with Crippen LogP contribution in [0.15, 0.2) is 0 Å². The number of fused-ring (bicyclic) bond motifs is 2. The SMILES string of the molecule is CC12CC(N)C(CC1N)O2. The molecule has 0 aromatic carbocycles. The second-order valence-electron chi connectivity index (χ2n) is 3.68. The van der Waals surface area contributed by atoms with Crippen LogP contribution in [0.3, 0.4) is 0 Å². The van der Waals surface area contributed by atoms with Crippen molar-refractivity contribution in [3.8, 4) is 0 Å². The van der Waals surface area contributed by atoms with E-state index in [-0.39, 0.29) is 23.8 Å². The lowest BCUT2D eigenvalue weighted by Crippen LogP contribution is -2.46. The van der Waals surface area contributed by atoms with Crippen molar-refractivity contribution in [2.75, 3.05) is 0 Å². The Morgan fingerprint density at radius 3 is 2.50 bits per heavy atom. The van der Waals surface area contributed by atoms with Crippen LogP contribution in [-0.2, 0) is 4.74 Å². The summed E-state index contributed by atoms with van der Waals surface area (Å²) >= 11 is 0. The van der Waals surface area contributed by atoms with Crippen LogP contribution < -0.4 is 11.5 Å². The molecule has 3 nitrogen and oxygen atoms in total. The third-order valence-electron chi connectivity index (χ3n) is 2.81. The smallest absolute Gasteiger partial charge is 0.0825 e. The molecule has 2 bridgehead atoms. The number of nitrogens with two attached hydrogens (primary N) is 2. The summed E-state index contributed by atoms with van der Waals surface area (Å²) < 4.78 is 5.63.